The fraction of sp³-hybridized carbons (Fsp3) is 0.500. The van der Waals surface area contributed by atoms with Crippen molar-refractivity contribution in [3.05, 3.63) is 35.1 Å². The van der Waals surface area contributed by atoms with Crippen LogP contribution in [0, 0.1) is 17.1 Å². The van der Waals surface area contributed by atoms with Crippen LogP contribution in [0.3, 0.4) is 0 Å². The summed E-state index contributed by atoms with van der Waals surface area (Å²) in [5.74, 6) is -0.464. The summed E-state index contributed by atoms with van der Waals surface area (Å²) in [7, 11) is 1.74. The Bertz CT molecular complexity index is 458. The number of rotatable bonds is 5. The fourth-order valence-corrected chi connectivity index (χ4v) is 2.23. The SMILES string of the molecule is COC1(CNCc2ccc(F)c(C#N)c2)CCC1. The summed E-state index contributed by atoms with van der Waals surface area (Å²) >= 11 is 0. The molecule has 0 aliphatic heterocycles. The summed E-state index contributed by atoms with van der Waals surface area (Å²) in [6, 6.07) is 6.47. The maximum Gasteiger partial charge on any atom is 0.140 e. The first-order valence-electron chi connectivity index (χ1n) is 6.13. The van der Waals surface area contributed by atoms with Crippen LogP contribution in [0.4, 0.5) is 4.39 Å². The Morgan fingerprint density at radius 3 is 2.83 bits per heavy atom. The molecule has 0 amide bonds. The van der Waals surface area contributed by atoms with E-state index in [2.05, 4.69) is 5.32 Å². The topological polar surface area (TPSA) is 45.0 Å². The van der Waals surface area contributed by atoms with E-state index in [0.717, 1.165) is 24.9 Å². The minimum atomic E-state index is -0.464. The van der Waals surface area contributed by atoms with E-state index in [9.17, 15) is 4.39 Å². The minimum Gasteiger partial charge on any atom is -0.377 e. The van der Waals surface area contributed by atoms with E-state index in [-0.39, 0.29) is 11.2 Å². The van der Waals surface area contributed by atoms with Crippen molar-refractivity contribution in [1.29, 1.82) is 5.26 Å². The number of halogens is 1. The molecule has 0 heterocycles. The highest BCUT2D eigenvalue weighted by Crippen LogP contribution is 2.34. The van der Waals surface area contributed by atoms with Gasteiger partial charge in [0.2, 0.25) is 0 Å². The molecule has 0 bridgehead atoms. The van der Waals surface area contributed by atoms with Gasteiger partial charge in [0.05, 0.1) is 11.2 Å². The van der Waals surface area contributed by atoms with Gasteiger partial charge in [0, 0.05) is 20.2 Å². The standard InChI is InChI=1S/C14H17FN2O/c1-18-14(5-2-6-14)10-17-9-11-3-4-13(15)12(7-11)8-16/h3-4,7,17H,2,5-6,9-10H2,1H3. The molecule has 0 unspecified atom stereocenters. The summed E-state index contributed by atoms with van der Waals surface area (Å²) in [4.78, 5) is 0. The van der Waals surface area contributed by atoms with Crippen LogP contribution in [0.5, 0.6) is 0 Å². The van der Waals surface area contributed by atoms with Crippen molar-refractivity contribution in [2.24, 2.45) is 0 Å². The highest BCUT2D eigenvalue weighted by molar-refractivity contribution is 5.34. The predicted molar refractivity (Wildman–Crippen MR) is 66.4 cm³/mol. The molecular formula is C14H17FN2O. The molecule has 18 heavy (non-hydrogen) atoms. The van der Waals surface area contributed by atoms with Gasteiger partial charge in [-0.15, -0.1) is 0 Å². The van der Waals surface area contributed by atoms with E-state index in [1.807, 2.05) is 6.07 Å². The highest BCUT2D eigenvalue weighted by atomic mass is 19.1. The van der Waals surface area contributed by atoms with Crippen molar-refractivity contribution in [2.75, 3.05) is 13.7 Å². The smallest absolute Gasteiger partial charge is 0.140 e. The van der Waals surface area contributed by atoms with Gasteiger partial charge in [-0.2, -0.15) is 5.26 Å². The predicted octanol–water partition coefficient (Wildman–Crippen LogP) is 2.36. The maximum absolute atomic E-state index is 13.1. The molecule has 2 rings (SSSR count). The first-order valence-corrected chi connectivity index (χ1v) is 6.13. The zero-order chi connectivity index (χ0) is 13.0. The molecule has 1 aliphatic carbocycles. The van der Waals surface area contributed by atoms with Gasteiger partial charge < -0.3 is 10.1 Å². The average molecular weight is 248 g/mol. The molecule has 0 radical (unpaired) electrons. The number of methoxy groups -OCH3 is 1. The minimum absolute atomic E-state index is 0.0158. The molecule has 1 aromatic rings. The van der Waals surface area contributed by atoms with Gasteiger partial charge in [0.1, 0.15) is 11.9 Å². The highest BCUT2D eigenvalue weighted by Gasteiger charge is 2.36. The van der Waals surface area contributed by atoms with E-state index >= 15 is 0 Å². The second kappa shape index (κ2) is 5.47. The van der Waals surface area contributed by atoms with Crippen molar-refractivity contribution in [3.63, 3.8) is 0 Å². The number of hydrogen-bond donors (Lipinski definition) is 1. The number of hydrogen-bond acceptors (Lipinski definition) is 3. The van der Waals surface area contributed by atoms with Gasteiger partial charge in [-0.05, 0) is 37.0 Å². The molecule has 1 saturated carbocycles. The monoisotopic (exact) mass is 248 g/mol. The molecule has 0 aromatic heterocycles. The second-order valence-electron chi connectivity index (χ2n) is 4.77. The fourth-order valence-electron chi connectivity index (χ4n) is 2.23. The number of nitrogens with one attached hydrogen (secondary N) is 1. The maximum atomic E-state index is 13.1. The van der Waals surface area contributed by atoms with Crippen molar-refractivity contribution >= 4 is 0 Å². The Labute approximate surface area is 107 Å². The quantitative estimate of drug-likeness (QED) is 0.870. The molecular weight excluding hydrogens is 231 g/mol. The van der Waals surface area contributed by atoms with Crippen LogP contribution in [-0.2, 0) is 11.3 Å². The van der Waals surface area contributed by atoms with Crippen LogP contribution in [0.1, 0.15) is 30.4 Å². The lowest BCUT2D eigenvalue weighted by molar-refractivity contribution is -0.0695. The van der Waals surface area contributed by atoms with Gasteiger partial charge in [-0.3, -0.25) is 0 Å². The lowest BCUT2D eigenvalue weighted by Crippen LogP contribution is -2.47. The van der Waals surface area contributed by atoms with Gasteiger partial charge in [0.25, 0.3) is 0 Å². The van der Waals surface area contributed by atoms with Crippen LogP contribution in [0.25, 0.3) is 0 Å². The van der Waals surface area contributed by atoms with Crippen LogP contribution >= 0.6 is 0 Å². The third-order valence-corrected chi connectivity index (χ3v) is 3.63. The van der Waals surface area contributed by atoms with E-state index < -0.39 is 5.82 Å². The normalized spacial score (nSPS) is 16.9. The van der Waals surface area contributed by atoms with Gasteiger partial charge >= 0.3 is 0 Å². The molecule has 1 fully saturated rings. The molecule has 0 spiro atoms. The van der Waals surface area contributed by atoms with Crippen molar-refractivity contribution in [3.8, 4) is 6.07 Å². The summed E-state index contributed by atoms with van der Waals surface area (Å²) in [6.07, 6.45) is 3.39. The Morgan fingerprint density at radius 1 is 1.50 bits per heavy atom. The summed E-state index contributed by atoms with van der Waals surface area (Å²) in [6.45, 7) is 1.42. The third-order valence-electron chi connectivity index (χ3n) is 3.63. The molecule has 4 heteroatoms. The molecule has 3 nitrogen and oxygen atoms in total. The molecule has 1 aromatic carbocycles. The van der Waals surface area contributed by atoms with Crippen molar-refractivity contribution in [1.82, 2.24) is 5.32 Å². The molecule has 1 N–H and O–H groups in total. The van der Waals surface area contributed by atoms with Gasteiger partial charge in [0.15, 0.2) is 0 Å². The Kier molecular flexibility index (Phi) is 3.95. The number of benzene rings is 1. The van der Waals surface area contributed by atoms with Crippen LogP contribution in [-0.4, -0.2) is 19.3 Å². The molecule has 0 atom stereocenters. The number of nitrogens with zero attached hydrogens (tertiary/aromatic N) is 1. The zero-order valence-corrected chi connectivity index (χ0v) is 10.5. The zero-order valence-electron chi connectivity index (χ0n) is 10.5. The van der Waals surface area contributed by atoms with Gasteiger partial charge in [-0.1, -0.05) is 6.07 Å². The Hall–Kier alpha value is -1.44. The van der Waals surface area contributed by atoms with Crippen molar-refractivity contribution in [2.45, 2.75) is 31.4 Å². The Morgan fingerprint density at radius 2 is 2.28 bits per heavy atom. The first kappa shape index (κ1) is 13.0. The van der Waals surface area contributed by atoms with Crippen LogP contribution in [0.15, 0.2) is 18.2 Å². The largest absolute Gasteiger partial charge is 0.377 e. The molecule has 0 saturated heterocycles. The second-order valence-corrected chi connectivity index (χ2v) is 4.77. The van der Waals surface area contributed by atoms with E-state index in [4.69, 9.17) is 10.00 Å². The summed E-state index contributed by atoms with van der Waals surface area (Å²) in [5, 5.41) is 12.1. The van der Waals surface area contributed by atoms with Crippen LogP contribution < -0.4 is 5.32 Å². The van der Waals surface area contributed by atoms with Crippen molar-refractivity contribution < 1.29 is 9.13 Å². The van der Waals surface area contributed by atoms with Crippen LogP contribution in [0.2, 0.25) is 0 Å². The molecule has 96 valence electrons. The number of nitriles is 1. The molecule has 1 aliphatic rings. The average Bonchev–Trinajstić information content (AvgIpc) is 2.34. The first-order chi connectivity index (χ1) is 8.69. The van der Waals surface area contributed by atoms with E-state index in [0.29, 0.717) is 6.54 Å². The number of ether oxygens (including phenoxy) is 1. The third kappa shape index (κ3) is 2.69. The van der Waals surface area contributed by atoms with Gasteiger partial charge in [-0.25, -0.2) is 4.39 Å². The summed E-state index contributed by atoms with van der Waals surface area (Å²) < 4.78 is 18.6. The van der Waals surface area contributed by atoms with E-state index in [1.165, 1.54) is 12.5 Å². The lowest BCUT2D eigenvalue weighted by Gasteiger charge is -2.40. The Balaban J connectivity index is 1.89. The van der Waals surface area contributed by atoms with E-state index in [1.54, 1.807) is 19.2 Å². The summed E-state index contributed by atoms with van der Waals surface area (Å²) in [5.41, 5.74) is 0.996. The lowest BCUT2D eigenvalue weighted by atomic mass is 9.80.